The number of aryl methyl sites for hydroxylation is 2. The molecule has 1 aromatic heterocycles. The Bertz CT molecular complexity index is 899. The third-order valence-electron chi connectivity index (χ3n) is 4.76. The fourth-order valence-electron chi connectivity index (χ4n) is 3.21. The fourth-order valence-corrected chi connectivity index (χ4v) is 4.11. The largest absolute Gasteiger partial charge is 1.00 e. The van der Waals surface area contributed by atoms with Crippen LogP contribution in [-0.4, -0.2) is 76.7 Å². The summed E-state index contributed by atoms with van der Waals surface area (Å²) in [6, 6.07) is 9.60. The summed E-state index contributed by atoms with van der Waals surface area (Å²) in [5, 5.41) is 3.71. The Labute approximate surface area is 204 Å². The summed E-state index contributed by atoms with van der Waals surface area (Å²) in [6.07, 6.45) is 0. The summed E-state index contributed by atoms with van der Waals surface area (Å²) in [5.74, 6) is 1.64. The van der Waals surface area contributed by atoms with Crippen LogP contribution in [0.2, 0.25) is 5.02 Å². The van der Waals surface area contributed by atoms with Crippen LogP contribution in [0.5, 0.6) is 0 Å². The zero-order valence-corrected chi connectivity index (χ0v) is 20.6. The highest BCUT2D eigenvalue weighted by atomic mass is 35.5. The van der Waals surface area contributed by atoms with E-state index < -0.39 is 0 Å². The van der Waals surface area contributed by atoms with Gasteiger partial charge in [0.05, 0.1) is 6.54 Å². The first-order valence-corrected chi connectivity index (χ1v) is 11.5. The molecule has 3 N–H and O–H groups in total. The van der Waals surface area contributed by atoms with Gasteiger partial charge in [0.25, 0.3) is 5.95 Å². The van der Waals surface area contributed by atoms with Crippen molar-refractivity contribution >= 4 is 41.2 Å². The molecule has 0 aliphatic carbocycles. The van der Waals surface area contributed by atoms with Crippen molar-refractivity contribution in [1.29, 1.82) is 0 Å². The van der Waals surface area contributed by atoms with Crippen LogP contribution in [0.4, 0.5) is 5.95 Å². The quantitative estimate of drug-likeness (QED) is 0.224. The van der Waals surface area contributed by atoms with Crippen molar-refractivity contribution in [2.24, 2.45) is 10.7 Å². The fraction of sp³-hybridized carbons (Fsp3) is 0.429. The van der Waals surface area contributed by atoms with E-state index in [1.165, 1.54) is 0 Å². The highest BCUT2D eigenvalue weighted by molar-refractivity contribution is 7.99. The van der Waals surface area contributed by atoms with Gasteiger partial charge in [-0.3, -0.25) is 9.69 Å². The van der Waals surface area contributed by atoms with Gasteiger partial charge in [0.1, 0.15) is 0 Å². The van der Waals surface area contributed by atoms with E-state index in [1.807, 2.05) is 49.1 Å². The molecule has 32 heavy (non-hydrogen) atoms. The Kier molecular flexibility index (Phi) is 10.5. The number of halogens is 2. The highest BCUT2D eigenvalue weighted by Gasteiger charge is 2.20. The molecule has 0 saturated carbocycles. The van der Waals surface area contributed by atoms with Crippen LogP contribution in [0.25, 0.3) is 0 Å². The van der Waals surface area contributed by atoms with E-state index >= 15 is 0 Å². The summed E-state index contributed by atoms with van der Waals surface area (Å²) in [5.41, 5.74) is 7.88. The predicted molar refractivity (Wildman–Crippen MR) is 126 cm³/mol. The van der Waals surface area contributed by atoms with Gasteiger partial charge in [0.2, 0.25) is 5.91 Å². The number of thioether (sulfide) groups is 1. The molecule has 0 atom stereocenters. The van der Waals surface area contributed by atoms with Crippen molar-refractivity contribution in [2.75, 3.05) is 45.0 Å². The van der Waals surface area contributed by atoms with E-state index in [4.69, 9.17) is 17.3 Å². The molecule has 3 rings (SSSR count). The number of benzene rings is 1. The average Bonchev–Trinajstić information content (AvgIpc) is 2.72. The van der Waals surface area contributed by atoms with E-state index in [9.17, 15) is 4.79 Å². The molecule has 0 spiro atoms. The molecule has 1 aliphatic heterocycles. The summed E-state index contributed by atoms with van der Waals surface area (Å²) < 4.78 is 0. The van der Waals surface area contributed by atoms with Gasteiger partial charge < -0.3 is 28.4 Å². The molecule has 2 aromatic rings. The number of carbonyl (C=O) groups is 1. The number of guanidine groups is 1. The maximum atomic E-state index is 12.2. The number of aliphatic imine (C=N–C) groups is 1. The van der Waals surface area contributed by atoms with Crippen molar-refractivity contribution in [2.45, 2.75) is 18.7 Å². The van der Waals surface area contributed by atoms with Gasteiger partial charge in [-0.2, -0.15) is 4.99 Å². The van der Waals surface area contributed by atoms with Gasteiger partial charge >= 0.3 is 0 Å². The molecule has 0 unspecified atom stereocenters. The average molecular weight is 497 g/mol. The van der Waals surface area contributed by atoms with Gasteiger partial charge in [0, 0.05) is 59.8 Å². The number of nitrogens with one attached hydrogen (secondary N) is 1. The number of amides is 1. The lowest BCUT2D eigenvalue weighted by atomic mass is 10.3. The molecular formula is C21H28Cl2N7OS-. The minimum Gasteiger partial charge on any atom is -1.00 e. The van der Waals surface area contributed by atoms with Gasteiger partial charge in [-0.15, -0.1) is 11.8 Å². The van der Waals surface area contributed by atoms with Gasteiger partial charge in [0.15, 0.2) is 5.96 Å². The first kappa shape index (κ1) is 26.2. The summed E-state index contributed by atoms with van der Waals surface area (Å²) in [7, 11) is 0. The van der Waals surface area contributed by atoms with Crippen LogP contribution in [0.1, 0.15) is 11.4 Å². The lowest BCUT2D eigenvalue weighted by Crippen LogP contribution is -3.00. The smallest absolute Gasteiger partial charge is 0.253 e. The van der Waals surface area contributed by atoms with Gasteiger partial charge in [-0.1, -0.05) is 11.6 Å². The molecule has 1 saturated heterocycles. The second-order valence-electron chi connectivity index (χ2n) is 7.34. The van der Waals surface area contributed by atoms with Crippen LogP contribution in [0, 0.1) is 13.8 Å². The first-order chi connectivity index (χ1) is 14.9. The van der Waals surface area contributed by atoms with E-state index in [1.54, 1.807) is 11.8 Å². The topological polar surface area (TPSA) is 99.7 Å². The van der Waals surface area contributed by atoms with E-state index in [0.29, 0.717) is 38.1 Å². The first-order valence-electron chi connectivity index (χ1n) is 10.2. The van der Waals surface area contributed by atoms with E-state index in [-0.39, 0.29) is 18.3 Å². The minimum atomic E-state index is 0. The molecule has 1 fully saturated rings. The van der Waals surface area contributed by atoms with Crippen molar-refractivity contribution in [1.82, 2.24) is 25.1 Å². The Morgan fingerprint density at radius 3 is 2.41 bits per heavy atom. The molecule has 11 heteroatoms. The molecule has 174 valence electrons. The molecule has 0 bridgehead atoms. The molecule has 0 radical (unpaired) electrons. The monoisotopic (exact) mass is 496 g/mol. The number of piperazine rings is 1. The molecule has 1 amide bonds. The second-order valence-corrected chi connectivity index (χ2v) is 8.94. The SMILES string of the molecule is Cc1cc(C)nc(/N=C(\N)N2CCN(CC(=O)NCCSc3ccc(Cl)cc3)CC2)n1.[Cl-]. The van der Waals surface area contributed by atoms with Crippen molar-refractivity contribution in [3.8, 4) is 0 Å². The highest BCUT2D eigenvalue weighted by Crippen LogP contribution is 2.19. The van der Waals surface area contributed by atoms with Gasteiger partial charge in [-0.05, 0) is 44.2 Å². The lowest BCUT2D eigenvalue weighted by molar-refractivity contribution is -0.122. The lowest BCUT2D eigenvalue weighted by Gasteiger charge is -2.34. The molecule has 1 aromatic carbocycles. The third-order valence-corrected chi connectivity index (χ3v) is 6.02. The summed E-state index contributed by atoms with van der Waals surface area (Å²) >= 11 is 7.58. The number of nitrogens with zero attached hydrogens (tertiary/aromatic N) is 5. The zero-order chi connectivity index (χ0) is 22.2. The van der Waals surface area contributed by atoms with Crippen molar-refractivity contribution in [3.05, 3.63) is 46.7 Å². The van der Waals surface area contributed by atoms with Gasteiger partial charge in [-0.25, -0.2) is 9.97 Å². The Balaban J connectivity index is 0.00000363. The van der Waals surface area contributed by atoms with Crippen molar-refractivity contribution < 1.29 is 17.2 Å². The summed E-state index contributed by atoms with van der Waals surface area (Å²) in [6.45, 7) is 7.74. The maximum absolute atomic E-state index is 12.2. The number of carbonyl (C=O) groups excluding carboxylic acids is 1. The molecular weight excluding hydrogens is 469 g/mol. The normalized spacial score (nSPS) is 14.7. The van der Waals surface area contributed by atoms with Crippen LogP contribution in [0.3, 0.4) is 0 Å². The standard InChI is InChI=1S/C21H28ClN7OS.ClH/c1-15-13-16(2)26-21(25-15)27-20(23)29-10-8-28(9-11-29)14-19(30)24-7-12-31-18-5-3-17(22)4-6-18;/h3-6,13H,7-12,14H2,1-2H3,(H,24,30)(H2,23,25,26,27);1H/p-1. The minimum absolute atomic E-state index is 0. The van der Waals surface area contributed by atoms with Crippen LogP contribution >= 0.6 is 23.4 Å². The number of hydrogen-bond donors (Lipinski definition) is 2. The van der Waals surface area contributed by atoms with E-state index in [0.717, 1.165) is 40.1 Å². The Morgan fingerprint density at radius 2 is 1.78 bits per heavy atom. The maximum Gasteiger partial charge on any atom is 0.253 e. The van der Waals surface area contributed by atoms with E-state index in [2.05, 4.69) is 25.2 Å². The summed E-state index contributed by atoms with van der Waals surface area (Å²) in [4.78, 5) is 30.5. The molecule has 2 heterocycles. The van der Waals surface area contributed by atoms with Crippen LogP contribution in [-0.2, 0) is 4.79 Å². The molecule has 1 aliphatic rings. The zero-order valence-electron chi connectivity index (χ0n) is 18.2. The second kappa shape index (κ2) is 12.8. The van der Waals surface area contributed by atoms with Crippen LogP contribution in [0.15, 0.2) is 40.2 Å². The predicted octanol–water partition coefficient (Wildman–Crippen LogP) is -0.777. The van der Waals surface area contributed by atoms with Crippen LogP contribution < -0.4 is 23.5 Å². The third kappa shape index (κ3) is 8.46. The Hall–Kier alpha value is -2.07. The number of rotatable bonds is 7. The number of hydrogen-bond acceptors (Lipinski definition) is 6. The molecule has 8 nitrogen and oxygen atoms in total. The Morgan fingerprint density at radius 1 is 1.16 bits per heavy atom. The van der Waals surface area contributed by atoms with Crippen molar-refractivity contribution in [3.63, 3.8) is 0 Å². The number of aromatic nitrogens is 2. The number of nitrogens with two attached hydrogens (primary N) is 1.